The summed E-state index contributed by atoms with van der Waals surface area (Å²) in [4.78, 5) is 24.1. The fourth-order valence-corrected chi connectivity index (χ4v) is 2.02. The van der Waals surface area contributed by atoms with Crippen LogP contribution in [-0.2, 0) is 7.05 Å². The normalized spacial score (nSPS) is 10.5. The molecule has 0 fully saturated rings. The van der Waals surface area contributed by atoms with Gasteiger partial charge in [0.05, 0.1) is 7.11 Å². The van der Waals surface area contributed by atoms with Gasteiger partial charge in [-0.05, 0) is 38.1 Å². The van der Waals surface area contributed by atoms with Crippen LogP contribution in [0, 0.1) is 0 Å². The zero-order valence-electron chi connectivity index (χ0n) is 13.6. The number of ether oxygens (including phenoxy) is 1. The van der Waals surface area contributed by atoms with E-state index in [1.807, 2.05) is 13.8 Å². The number of amides is 2. The molecule has 2 aromatic rings. The first-order chi connectivity index (χ1) is 10.9. The lowest BCUT2D eigenvalue weighted by molar-refractivity contribution is 0.0942. The largest absolute Gasteiger partial charge is 0.479 e. The number of benzene rings is 1. The van der Waals surface area contributed by atoms with Crippen LogP contribution in [0.15, 0.2) is 30.5 Å². The van der Waals surface area contributed by atoms with E-state index < -0.39 is 0 Å². The van der Waals surface area contributed by atoms with E-state index in [-0.39, 0.29) is 23.7 Å². The van der Waals surface area contributed by atoms with E-state index in [9.17, 15) is 9.59 Å². The summed E-state index contributed by atoms with van der Waals surface area (Å²) in [5.41, 5.74) is 1.47. The van der Waals surface area contributed by atoms with E-state index >= 15 is 0 Å². The highest BCUT2D eigenvalue weighted by atomic mass is 16.5. The quantitative estimate of drug-likeness (QED) is 0.881. The molecule has 0 unspecified atom stereocenters. The van der Waals surface area contributed by atoms with Crippen LogP contribution >= 0.6 is 0 Å². The van der Waals surface area contributed by atoms with Gasteiger partial charge in [-0.15, -0.1) is 5.10 Å². The summed E-state index contributed by atoms with van der Waals surface area (Å²) < 4.78 is 6.57. The summed E-state index contributed by atoms with van der Waals surface area (Å²) in [6, 6.07) is 6.74. The van der Waals surface area contributed by atoms with Crippen molar-refractivity contribution in [2.24, 2.45) is 7.05 Å². The van der Waals surface area contributed by atoms with Crippen LogP contribution in [0.5, 0.6) is 5.88 Å². The summed E-state index contributed by atoms with van der Waals surface area (Å²) in [7, 11) is 3.17. The molecule has 2 rings (SSSR count). The first kappa shape index (κ1) is 16.5. The van der Waals surface area contributed by atoms with Crippen LogP contribution in [0.1, 0.15) is 34.6 Å². The van der Waals surface area contributed by atoms with Gasteiger partial charge >= 0.3 is 0 Å². The molecule has 0 aliphatic heterocycles. The number of carbonyl (C=O) groups is 2. The second-order valence-corrected chi connectivity index (χ2v) is 5.39. The predicted molar refractivity (Wildman–Crippen MR) is 86.8 cm³/mol. The Bertz CT molecular complexity index is 705. The molecule has 1 aromatic heterocycles. The second-order valence-electron chi connectivity index (χ2n) is 5.39. The van der Waals surface area contributed by atoms with Crippen LogP contribution in [0.3, 0.4) is 0 Å². The van der Waals surface area contributed by atoms with Gasteiger partial charge in [-0.3, -0.25) is 14.3 Å². The summed E-state index contributed by atoms with van der Waals surface area (Å²) in [5, 5.41) is 9.60. The Morgan fingerprint density at radius 3 is 2.39 bits per heavy atom. The van der Waals surface area contributed by atoms with Gasteiger partial charge in [0.1, 0.15) is 5.56 Å². The molecule has 0 bridgehead atoms. The lowest BCUT2D eigenvalue weighted by Gasteiger charge is -2.09. The molecule has 0 atom stereocenters. The molecule has 7 heteroatoms. The minimum Gasteiger partial charge on any atom is -0.479 e. The molecule has 7 nitrogen and oxygen atoms in total. The fraction of sp³-hybridized carbons (Fsp3) is 0.312. The number of hydrogen-bond donors (Lipinski definition) is 2. The minimum atomic E-state index is -0.325. The third-order valence-corrected chi connectivity index (χ3v) is 3.06. The summed E-state index contributed by atoms with van der Waals surface area (Å²) in [5.74, 6) is -0.209. The summed E-state index contributed by atoms with van der Waals surface area (Å²) in [6.07, 6.45) is 1.58. The van der Waals surface area contributed by atoms with Gasteiger partial charge in [0.2, 0.25) is 5.88 Å². The Morgan fingerprint density at radius 1 is 1.17 bits per heavy atom. The van der Waals surface area contributed by atoms with Gasteiger partial charge in [0, 0.05) is 30.5 Å². The number of hydrogen-bond acceptors (Lipinski definition) is 4. The van der Waals surface area contributed by atoms with Crippen LogP contribution in [0.2, 0.25) is 0 Å². The van der Waals surface area contributed by atoms with Crippen molar-refractivity contribution >= 4 is 17.5 Å². The zero-order chi connectivity index (χ0) is 17.0. The van der Waals surface area contributed by atoms with Crippen LogP contribution < -0.4 is 15.4 Å². The van der Waals surface area contributed by atoms with E-state index in [0.717, 1.165) is 0 Å². The highest BCUT2D eigenvalue weighted by molar-refractivity contribution is 6.06. The first-order valence-corrected chi connectivity index (χ1v) is 7.20. The molecule has 0 aliphatic carbocycles. The Hall–Kier alpha value is -2.83. The van der Waals surface area contributed by atoms with Gasteiger partial charge in [-0.25, -0.2) is 0 Å². The molecule has 0 aliphatic rings. The number of aromatic nitrogens is 2. The number of nitrogens with zero attached hydrogens (tertiary/aromatic N) is 2. The van der Waals surface area contributed by atoms with Crippen molar-refractivity contribution in [2.75, 3.05) is 12.4 Å². The van der Waals surface area contributed by atoms with Crippen molar-refractivity contribution in [1.82, 2.24) is 15.1 Å². The lowest BCUT2D eigenvalue weighted by Crippen LogP contribution is -2.30. The number of carbonyl (C=O) groups excluding carboxylic acids is 2. The van der Waals surface area contributed by atoms with Gasteiger partial charge < -0.3 is 15.4 Å². The Labute approximate surface area is 134 Å². The van der Waals surface area contributed by atoms with E-state index in [4.69, 9.17) is 4.74 Å². The SMILES string of the molecule is COc1nn(C)cc1C(=O)Nc1ccc(C(=O)NC(C)C)cc1. The molecule has 0 spiro atoms. The number of anilines is 1. The van der Waals surface area contributed by atoms with Gasteiger partial charge in [0.15, 0.2) is 0 Å². The number of aryl methyl sites for hydroxylation is 1. The fourth-order valence-electron chi connectivity index (χ4n) is 2.02. The first-order valence-electron chi connectivity index (χ1n) is 7.20. The predicted octanol–water partition coefficient (Wildman–Crippen LogP) is 1.82. The Balaban J connectivity index is 2.08. The third-order valence-electron chi connectivity index (χ3n) is 3.06. The molecule has 122 valence electrons. The molecule has 0 saturated carbocycles. The zero-order valence-corrected chi connectivity index (χ0v) is 13.6. The molecule has 0 radical (unpaired) electrons. The van der Waals surface area contributed by atoms with E-state index in [2.05, 4.69) is 15.7 Å². The van der Waals surface area contributed by atoms with Gasteiger partial charge in [-0.1, -0.05) is 0 Å². The van der Waals surface area contributed by atoms with Crippen LogP contribution in [0.25, 0.3) is 0 Å². The lowest BCUT2D eigenvalue weighted by atomic mass is 10.2. The average Bonchev–Trinajstić information content (AvgIpc) is 2.88. The molecule has 1 aromatic carbocycles. The van der Waals surface area contributed by atoms with E-state index in [0.29, 0.717) is 16.8 Å². The smallest absolute Gasteiger partial charge is 0.262 e. The van der Waals surface area contributed by atoms with Gasteiger partial charge in [-0.2, -0.15) is 0 Å². The van der Waals surface area contributed by atoms with Crippen molar-refractivity contribution in [1.29, 1.82) is 0 Å². The van der Waals surface area contributed by atoms with E-state index in [1.165, 1.54) is 11.8 Å². The standard InChI is InChI=1S/C16H20N4O3/c1-10(2)17-14(21)11-5-7-12(8-6-11)18-15(22)13-9-20(3)19-16(13)23-4/h5-10H,1-4H3,(H,17,21)(H,18,22). The number of methoxy groups -OCH3 is 1. The maximum Gasteiger partial charge on any atom is 0.262 e. The molecular weight excluding hydrogens is 296 g/mol. The topological polar surface area (TPSA) is 85.2 Å². The second kappa shape index (κ2) is 6.95. The highest BCUT2D eigenvalue weighted by Crippen LogP contribution is 2.17. The molecular formula is C16H20N4O3. The molecule has 1 heterocycles. The Morgan fingerprint density at radius 2 is 1.83 bits per heavy atom. The number of rotatable bonds is 5. The molecule has 2 amide bonds. The van der Waals surface area contributed by atoms with Crippen molar-refractivity contribution < 1.29 is 14.3 Å². The molecule has 2 N–H and O–H groups in total. The number of nitrogens with one attached hydrogen (secondary N) is 2. The van der Waals surface area contributed by atoms with Crippen LogP contribution in [0.4, 0.5) is 5.69 Å². The summed E-state index contributed by atoms with van der Waals surface area (Å²) >= 11 is 0. The van der Waals surface area contributed by atoms with Crippen molar-refractivity contribution in [3.05, 3.63) is 41.6 Å². The van der Waals surface area contributed by atoms with Crippen molar-refractivity contribution in [3.8, 4) is 5.88 Å². The average molecular weight is 316 g/mol. The minimum absolute atomic E-state index is 0.0694. The van der Waals surface area contributed by atoms with Crippen molar-refractivity contribution in [2.45, 2.75) is 19.9 Å². The molecule has 0 saturated heterocycles. The van der Waals surface area contributed by atoms with E-state index in [1.54, 1.807) is 37.5 Å². The maximum atomic E-state index is 12.2. The summed E-state index contributed by atoms with van der Waals surface area (Å²) in [6.45, 7) is 3.79. The molecule has 23 heavy (non-hydrogen) atoms. The van der Waals surface area contributed by atoms with Crippen LogP contribution in [-0.4, -0.2) is 34.7 Å². The maximum absolute atomic E-state index is 12.2. The monoisotopic (exact) mass is 316 g/mol. The Kier molecular flexibility index (Phi) is 5.00. The van der Waals surface area contributed by atoms with Crippen molar-refractivity contribution in [3.63, 3.8) is 0 Å². The highest BCUT2D eigenvalue weighted by Gasteiger charge is 2.16. The third kappa shape index (κ3) is 4.09. The van der Waals surface area contributed by atoms with Gasteiger partial charge in [0.25, 0.3) is 11.8 Å².